The zero-order valence-corrected chi connectivity index (χ0v) is 18.2. The lowest BCUT2D eigenvalue weighted by Gasteiger charge is -2.37. The van der Waals surface area contributed by atoms with Crippen LogP contribution in [0.15, 0.2) is 36.4 Å². The van der Waals surface area contributed by atoms with Crippen molar-refractivity contribution in [2.45, 2.75) is 44.8 Å². The Hall–Kier alpha value is -2.84. The number of anilines is 2. The molecule has 3 heterocycles. The Morgan fingerprint density at radius 2 is 1.59 bits per heavy atom. The van der Waals surface area contributed by atoms with Crippen LogP contribution in [0.1, 0.15) is 48.5 Å². The molecule has 32 heavy (non-hydrogen) atoms. The Balaban J connectivity index is 1.35. The van der Waals surface area contributed by atoms with E-state index in [4.69, 9.17) is 0 Å². The maximum absolute atomic E-state index is 12.7. The van der Waals surface area contributed by atoms with Crippen LogP contribution < -0.4 is 9.80 Å². The second-order valence-electron chi connectivity index (χ2n) is 8.36. The van der Waals surface area contributed by atoms with Gasteiger partial charge >= 0.3 is 6.18 Å². The molecule has 0 bridgehead atoms. The first-order chi connectivity index (χ1) is 15.4. The molecule has 0 saturated carbocycles. The largest absolute Gasteiger partial charge is 0.416 e. The number of alkyl halides is 3. The van der Waals surface area contributed by atoms with E-state index in [-0.39, 0.29) is 11.5 Å². The zero-order valence-electron chi connectivity index (χ0n) is 18.2. The summed E-state index contributed by atoms with van der Waals surface area (Å²) in [5.41, 5.74) is -0.488. The minimum absolute atomic E-state index is 0.254. The van der Waals surface area contributed by atoms with Gasteiger partial charge in [-0.25, -0.2) is 0 Å². The van der Waals surface area contributed by atoms with Crippen LogP contribution in [0.5, 0.6) is 0 Å². The number of carbonyl (C=O) groups is 1. The molecule has 0 radical (unpaired) electrons. The summed E-state index contributed by atoms with van der Waals surface area (Å²) >= 11 is 0. The Morgan fingerprint density at radius 1 is 0.938 bits per heavy atom. The van der Waals surface area contributed by atoms with Crippen LogP contribution in [0.4, 0.5) is 24.8 Å². The molecule has 4 rings (SSSR count). The van der Waals surface area contributed by atoms with Gasteiger partial charge in [-0.3, -0.25) is 4.79 Å². The van der Waals surface area contributed by atoms with Crippen molar-refractivity contribution in [3.63, 3.8) is 0 Å². The summed E-state index contributed by atoms with van der Waals surface area (Å²) in [7, 11) is 0. The van der Waals surface area contributed by atoms with Crippen molar-refractivity contribution in [2.75, 3.05) is 42.5 Å². The van der Waals surface area contributed by atoms with Crippen LogP contribution in [0, 0.1) is 0 Å². The molecule has 9 heteroatoms. The van der Waals surface area contributed by atoms with Gasteiger partial charge in [-0.2, -0.15) is 13.2 Å². The number of halogens is 3. The fraction of sp³-hybridized carbons (Fsp3) is 0.522. The summed E-state index contributed by atoms with van der Waals surface area (Å²) in [5.74, 6) is 1.44. The molecule has 1 amide bonds. The fourth-order valence-corrected chi connectivity index (χ4v) is 4.49. The summed E-state index contributed by atoms with van der Waals surface area (Å²) < 4.78 is 38.2. The topological polar surface area (TPSA) is 52.6 Å². The lowest BCUT2D eigenvalue weighted by atomic mass is 10.0. The van der Waals surface area contributed by atoms with Gasteiger partial charge in [0.2, 0.25) is 0 Å². The van der Waals surface area contributed by atoms with Crippen LogP contribution in [0.2, 0.25) is 0 Å². The number of amides is 1. The lowest BCUT2D eigenvalue weighted by molar-refractivity contribution is -0.137. The van der Waals surface area contributed by atoms with E-state index in [0.29, 0.717) is 32.2 Å². The molecule has 2 fully saturated rings. The summed E-state index contributed by atoms with van der Waals surface area (Å²) in [6.07, 6.45) is 0.313. The Morgan fingerprint density at radius 3 is 2.19 bits per heavy atom. The van der Waals surface area contributed by atoms with E-state index in [0.717, 1.165) is 36.7 Å². The van der Waals surface area contributed by atoms with E-state index in [2.05, 4.69) is 26.9 Å². The number of piperidine rings is 1. The molecule has 6 nitrogen and oxygen atoms in total. The van der Waals surface area contributed by atoms with Gasteiger partial charge in [0.05, 0.1) is 5.56 Å². The van der Waals surface area contributed by atoms with Crippen LogP contribution in [0.3, 0.4) is 0 Å². The zero-order chi connectivity index (χ0) is 22.7. The molecule has 2 aliphatic rings. The van der Waals surface area contributed by atoms with Crippen LogP contribution in [-0.4, -0.2) is 59.8 Å². The maximum atomic E-state index is 12.7. The first-order valence-corrected chi connectivity index (χ1v) is 11.2. The molecule has 0 N–H and O–H groups in total. The highest BCUT2D eigenvalue weighted by Gasteiger charge is 2.31. The quantitative estimate of drug-likeness (QED) is 0.702. The molecule has 1 atom stereocenters. The van der Waals surface area contributed by atoms with Crippen molar-refractivity contribution >= 4 is 17.5 Å². The van der Waals surface area contributed by atoms with Gasteiger partial charge in [0.15, 0.2) is 11.6 Å². The van der Waals surface area contributed by atoms with Gasteiger partial charge in [-0.1, -0.05) is 6.92 Å². The number of piperazine rings is 1. The molecule has 2 aromatic rings. The first kappa shape index (κ1) is 22.4. The number of rotatable bonds is 4. The van der Waals surface area contributed by atoms with Gasteiger partial charge in [-0.15, -0.1) is 10.2 Å². The third-order valence-electron chi connectivity index (χ3n) is 6.38. The molecular weight excluding hydrogens is 419 g/mol. The third kappa shape index (κ3) is 4.81. The molecular formula is C23H28F3N5O. The van der Waals surface area contributed by atoms with E-state index in [1.54, 1.807) is 4.90 Å². The SMILES string of the molecule is CCC1CCCCN1c1ccc(N2CCN(C(=O)c3ccc(C(F)(F)F)cc3)CC2)nn1. The average molecular weight is 448 g/mol. The molecule has 0 spiro atoms. The van der Waals surface area contributed by atoms with Gasteiger partial charge in [0.25, 0.3) is 5.91 Å². The molecule has 172 valence electrons. The fourth-order valence-electron chi connectivity index (χ4n) is 4.49. The molecule has 2 saturated heterocycles. The van der Waals surface area contributed by atoms with Crippen molar-refractivity contribution in [2.24, 2.45) is 0 Å². The smallest absolute Gasteiger partial charge is 0.352 e. The van der Waals surface area contributed by atoms with E-state index < -0.39 is 11.7 Å². The summed E-state index contributed by atoms with van der Waals surface area (Å²) in [5, 5.41) is 8.90. The number of benzene rings is 1. The van der Waals surface area contributed by atoms with Crippen molar-refractivity contribution in [3.05, 3.63) is 47.5 Å². The normalized spacial score (nSPS) is 19.9. The number of hydrogen-bond acceptors (Lipinski definition) is 5. The van der Waals surface area contributed by atoms with Gasteiger partial charge in [-0.05, 0) is 62.1 Å². The molecule has 2 aliphatic heterocycles. The Kier molecular flexibility index (Phi) is 6.53. The Bertz CT molecular complexity index is 909. The number of aromatic nitrogens is 2. The van der Waals surface area contributed by atoms with E-state index in [9.17, 15) is 18.0 Å². The Labute approximate surface area is 186 Å². The highest BCUT2D eigenvalue weighted by atomic mass is 19.4. The monoisotopic (exact) mass is 447 g/mol. The standard InChI is InChI=1S/C23H28F3N5O/c1-2-19-5-3-4-12-31(19)21-11-10-20(27-28-21)29-13-15-30(16-14-29)22(32)17-6-8-18(9-7-17)23(24,25)26/h6-11,19H,2-5,12-16H2,1H3. The van der Waals surface area contributed by atoms with Crippen LogP contribution in [-0.2, 0) is 6.18 Å². The number of carbonyl (C=O) groups excluding carboxylic acids is 1. The van der Waals surface area contributed by atoms with E-state index in [1.807, 2.05) is 12.1 Å². The van der Waals surface area contributed by atoms with Crippen molar-refractivity contribution in [3.8, 4) is 0 Å². The van der Waals surface area contributed by atoms with Crippen molar-refractivity contribution in [1.82, 2.24) is 15.1 Å². The lowest BCUT2D eigenvalue weighted by Crippen LogP contribution is -2.49. The van der Waals surface area contributed by atoms with Crippen molar-refractivity contribution < 1.29 is 18.0 Å². The second-order valence-corrected chi connectivity index (χ2v) is 8.36. The van der Waals surface area contributed by atoms with Gasteiger partial charge in [0, 0.05) is 44.3 Å². The summed E-state index contributed by atoms with van der Waals surface area (Å²) in [6.45, 7) is 5.37. The van der Waals surface area contributed by atoms with Crippen molar-refractivity contribution in [1.29, 1.82) is 0 Å². The minimum atomic E-state index is -4.41. The molecule has 1 aromatic carbocycles. The molecule has 0 aliphatic carbocycles. The first-order valence-electron chi connectivity index (χ1n) is 11.2. The molecule has 1 aromatic heterocycles. The summed E-state index contributed by atoms with van der Waals surface area (Å²) in [6, 6.07) is 8.91. The summed E-state index contributed by atoms with van der Waals surface area (Å²) in [4.78, 5) is 18.8. The molecule has 1 unspecified atom stereocenters. The second kappa shape index (κ2) is 9.34. The predicted molar refractivity (Wildman–Crippen MR) is 117 cm³/mol. The highest BCUT2D eigenvalue weighted by Crippen LogP contribution is 2.29. The van der Waals surface area contributed by atoms with Crippen LogP contribution >= 0.6 is 0 Å². The number of hydrogen-bond donors (Lipinski definition) is 0. The highest BCUT2D eigenvalue weighted by molar-refractivity contribution is 5.94. The minimum Gasteiger partial charge on any atom is -0.352 e. The van der Waals surface area contributed by atoms with Gasteiger partial charge < -0.3 is 14.7 Å². The van der Waals surface area contributed by atoms with E-state index >= 15 is 0 Å². The predicted octanol–water partition coefficient (Wildman–Crippen LogP) is 4.23. The van der Waals surface area contributed by atoms with Crippen LogP contribution in [0.25, 0.3) is 0 Å². The van der Waals surface area contributed by atoms with Gasteiger partial charge in [0.1, 0.15) is 0 Å². The van der Waals surface area contributed by atoms with E-state index in [1.165, 1.54) is 31.4 Å². The average Bonchev–Trinajstić information content (AvgIpc) is 2.83. The third-order valence-corrected chi connectivity index (χ3v) is 6.38. The number of nitrogens with zero attached hydrogens (tertiary/aromatic N) is 5. The maximum Gasteiger partial charge on any atom is 0.416 e.